The Labute approximate surface area is 127 Å². The second-order valence-electron chi connectivity index (χ2n) is 5.91. The summed E-state index contributed by atoms with van der Waals surface area (Å²) in [5.74, 6) is 0. The first-order valence-electron chi connectivity index (χ1n) is 8.16. The van der Waals surface area contributed by atoms with Crippen LogP contribution in [0.5, 0.6) is 0 Å². The molecule has 1 fully saturated rings. The molecule has 3 nitrogen and oxygen atoms in total. The van der Waals surface area contributed by atoms with Crippen molar-refractivity contribution in [1.29, 1.82) is 0 Å². The molecule has 0 bridgehead atoms. The number of benzene rings is 1. The van der Waals surface area contributed by atoms with Gasteiger partial charge < -0.3 is 9.30 Å². The van der Waals surface area contributed by atoms with Crippen molar-refractivity contribution in [1.82, 2.24) is 9.47 Å². The lowest BCUT2D eigenvalue weighted by atomic mass is 10.0. The Morgan fingerprint density at radius 2 is 1.90 bits per heavy atom. The maximum absolute atomic E-state index is 5.42. The molecule has 1 aromatic heterocycles. The number of ether oxygens (including phenoxy) is 1. The zero-order chi connectivity index (χ0) is 14.7. The monoisotopic (exact) mass is 286 g/mol. The molecule has 0 radical (unpaired) electrons. The second-order valence-corrected chi connectivity index (χ2v) is 5.91. The largest absolute Gasteiger partial charge is 0.379 e. The highest BCUT2D eigenvalue weighted by Crippen LogP contribution is 2.27. The minimum atomic E-state index is 0.897. The molecule has 2 aromatic rings. The quantitative estimate of drug-likeness (QED) is 0.840. The Kier molecular flexibility index (Phi) is 4.61. The van der Waals surface area contributed by atoms with Crippen LogP contribution in [0.4, 0.5) is 0 Å². The maximum atomic E-state index is 5.42. The van der Waals surface area contributed by atoms with E-state index in [1.165, 1.54) is 36.0 Å². The predicted molar refractivity (Wildman–Crippen MR) is 87.9 cm³/mol. The molecule has 1 aromatic carbocycles. The molecule has 0 aliphatic carbocycles. The third-order valence-corrected chi connectivity index (χ3v) is 4.68. The number of hydrogen-bond acceptors (Lipinski definition) is 2. The number of rotatable bonds is 5. The Bertz CT molecular complexity index is 597. The van der Waals surface area contributed by atoms with Gasteiger partial charge in [0.15, 0.2) is 0 Å². The highest BCUT2D eigenvalue weighted by Gasteiger charge is 2.14. The SMILES string of the molecule is CCc1c(CCCN2CCOCC2)c2ccccc2n1C. The van der Waals surface area contributed by atoms with Crippen molar-refractivity contribution < 1.29 is 4.74 Å². The van der Waals surface area contributed by atoms with Crippen LogP contribution in [0.3, 0.4) is 0 Å². The molecule has 2 heterocycles. The van der Waals surface area contributed by atoms with Crippen molar-refractivity contribution in [3.05, 3.63) is 35.5 Å². The van der Waals surface area contributed by atoms with Gasteiger partial charge >= 0.3 is 0 Å². The molecular formula is C18H26N2O. The zero-order valence-electron chi connectivity index (χ0n) is 13.3. The van der Waals surface area contributed by atoms with E-state index in [1.807, 2.05) is 0 Å². The Morgan fingerprint density at radius 3 is 2.67 bits per heavy atom. The van der Waals surface area contributed by atoms with Gasteiger partial charge in [-0.3, -0.25) is 4.90 Å². The van der Waals surface area contributed by atoms with Gasteiger partial charge in [0.25, 0.3) is 0 Å². The first-order chi connectivity index (χ1) is 10.3. The number of para-hydroxylation sites is 1. The number of fused-ring (bicyclic) bond motifs is 1. The molecule has 0 unspecified atom stereocenters. The minimum absolute atomic E-state index is 0.897. The van der Waals surface area contributed by atoms with E-state index < -0.39 is 0 Å². The summed E-state index contributed by atoms with van der Waals surface area (Å²) < 4.78 is 7.79. The molecule has 1 aliphatic rings. The summed E-state index contributed by atoms with van der Waals surface area (Å²) in [6, 6.07) is 8.81. The third-order valence-electron chi connectivity index (χ3n) is 4.68. The van der Waals surface area contributed by atoms with Gasteiger partial charge in [0, 0.05) is 36.7 Å². The fourth-order valence-corrected chi connectivity index (χ4v) is 3.56. The van der Waals surface area contributed by atoms with Crippen LogP contribution in [0, 0.1) is 0 Å². The summed E-state index contributed by atoms with van der Waals surface area (Å²) in [4.78, 5) is 2.53. The minimum Gasteiger partial charge on any atom is -0.379 e. The van der Waals surface area contributed by atoms with Gasteiger partial charge in [0.2, 0.25) is 0 Å². The van der Waals surface area contributed by atoms with Crippen LogP contribution in [0.1, 0.15) is 24.6 Å². The van der Waals surface area contributed by atoms with Crippen molar-refractivity contribution in [3.8, 4) is 0 Å². The van der Waals surface area contributed by atoms with E-state index in [4.69, 9.17) is 4.74 Å². The molecule has 0 amide bonds. The van der Waals surface area contributed by atoms with E-state index in [-0.39, 0.29) is 0 Å². The first kappa shape index (κ1) is 14.6. The average Bonchev–Trinajstić information content (AvgIpc) is 2.81. The highest BCUT2D eigenvalue weighted by molar-refractivity contribution is 5.85. The topological polar surface area (TPSA) is 17.4 Å². The summed E-state index contributed by atoms with van der Waals surface area (Å²) >= 11 is 0. The van der Waals surface area contributed by atoms with Crippen LogP contribution >= 0.6 is 0 Å². The van der Waals surface area contributed by atoms with Crippen LogP contribution in [-0.4, -0.2) is 42.3 Å². The number of hydrogen-bond donors (Lipinski definition) is 0. The van der Waals surface area contributed by atoms with E-state index in [0.29, 0.717) is 0 Å². The number of aryl methyl sites for hydroxylation is 2. The number of aromatic nitrogens is 1. The molecular weight excluding hydrogens is 260 g/mol. The van der Waals surface area contributed by atoms with E-state index in [9.17, 15) is 0 Å². The summed E-state index contributed by atoms with van der Waals surface area (Å²) in [7, 11) is 2.20. The Morgan fingerprint density at radius 1 is 1.14 bits per heavy atom. The summed E-state index contributed by atoms with van der Waals surface area (Å²) in [5.41, 5.74) is 4.43. The van der Waals surface area contributed by atoms with Gasteiger partial charge in [-0.1, -0.05) is 25.1 Å². The smallest absolute Gasteiger partial charge is 0.0594 e. The van der Waals surface area contributed by atoms with E-state index >= 15 is 0 Å². The lowest BCUT2D eigenvalue weighted by Crippen LogP contribution is -2.36. The second kappa shape index (κ2) is 6.63. The number of nitrogens with zero attached hydrogens (tertiary/aromatic N) is 2. The maximum Gasteiger partial charge on any atom is 0.0594 e. The number of morpholine rings is 1. The van der Waals surface area contributed by atoms with E-state index in [2.05, 4.69) is 47.7 Å². The molecule has 21 heavy (non-hydrogen) atoms. The first-order valence-corrected chi connectivity index (χ1v) is 8.16. The van der Waals surface area contributed by atoms with Gasteiger partial charge in [-0.15, -0.1) is 0 Å². The molecule has 0 saturated carbocycles. The van der Waals surface area contributed by atoms with E-state index in [1.54, 1.807) is 5.56 Å². The molecule has 3 rings (SSSR count). The van der Waals surface area contributed by atoms with Crippen LogP contribution < -0.4 is 0 Å². The Hall–Kier alpha value is -1.32. The standard InChI is InChI=1S/C18H26N2O/c1-3-17-15(8-6-10-20-11-13-21-14-12-20)16-7-4-5-9-18(16)19(17)2/h4-5,7,9H,3,6,8,10-14H2,1-2H3. The molecule has 0 atom stereocenters. The molecule has 1 saturated heterocycles. The van der Waals surface area contributed by atoms with Crippen LogP contribution in [0.2, 0.25) is 0 Å². The van der Waals surface area contributed by atoms with Gasteiger partial charge in [-0.05, 0) is 37.4 Å². The van der Waals surface area contributed by atoms with Gasteiger partial charge in [0.05, 0.1) is 13.2 Å². The van der Waals surface area contributed by atoms with Crippen molar-refractivity contribution in [3.63, 3.8) is 0 Å². The molecule has 3 heteroatoms. The summed E-state index contributed by atoms with van der Waals surface area (Å²) in [5, 5.41) is 1.44. The third kappa shape index (κ3) is 2.99. The normalized spacial score (nSPS) is 16.7. The summed E-state index contributed by atoms with van der Waals surface area (Å²) in [6.07, 6.45) is 3.53. The predicted octanol–water partition coefficient (Wildman–Crippen LogP) is 3.01. The van der Waals surface area contributed by atoms with Crippen molar-refractivity contribution in [2.24, 2.45) is 7.05 Å². The van der Waals surface area contributed by atoms with Crippen LogP contribution in [0.15, 0.2) is 24.3 Å². The molecule has 0 N–H and O–H groups in total. The van der Waals surface area contributed by atoms with E-state index in [0.717, 1.165) is 32.7 Å². The average molecular weight is 286 g/mol. The van der Waals surface area contributed by atoms with Gasteiger partial charge in [-0.25, -0.2) is 0 Å². The van der Waals surface area contributed by atoms with Crippen molar-refractivity contribution in [2.45, 2.75) is 26.2 Å². The lowest BCUT2D eigenvalue weighted by Gasteiger charge is -2.26. The highest BCUT2D eigenvalue weighted by atomic mass is 16.5. The zero-order valence-corrected chi connectivity index (χ0v) is 13.3. The molecule has 114 valence electrons. The lowest BCUT2D eigenvalue weighted by molar-refractivity contribution is 0.0375. The molecule has 1 aliphatic heterocycles. The van der Waals surface area contributed by atoms with Gasteiger partial charge in [0.1, 0.15) is 0 Å². The fraction of sp³-hybridized carbons (Fsp3) is 0.556. The van der Waals surface area contributed by atoms with Crippen molar-refractivity contribution in [2.75, 3.05) is 32.8 Å². The molecule has 0 spiro atoms. The van der Waals surface area contributed by atoms with Gasteiger partial charge in [-0.2, -0.15) is 0 Å². The fourth-order valence-electron chi connectivity index (χ4n) is 3.56. The van der Waals surface area contributed by atoms with Crippen LogP contribution in [-0.2, 0) is 24.6 Å². The van der Waals surface area contributed by atoms with Crippen molar-refractivity contribution >= 4 is 10.9 Å². The Balaban J connectivity index is 1.73. The van der Waals surface area contributed by atoms with Crippen LogP contribution in [0.25, 0.3) is 10.9 Å². The summed E-state index contributed by atoms with van der Waals surface area (Å²) in [6.45, 7) is 7.44.